The molecule has 0 amide bonds. The fourth-order valence-corrected chi connectivity index (χ4v) is 2.15. The van der Waals surface area contributed by atoms with Gasteiger partial charge in [-0.15, -0.1) is 0 Å². The predicted molar refractivity (Wildman–Crippen MR) is 73.3 cm³/mol. The second-order valence-electron chi connectivity index (χ2n) is 4.39. The number of aliphatic hydroxyl groups excluding tert-OH is 1. The van der Waals surface area contributed by atoms with Crippen molar-refractivity contribution in [2.75, 3.05) is 7.11 Å². The van der Waals surface area contributed by atoms with Crippen LogP contribution in [0.3, 0.4) is 0 Å². The fraction of sp³-hybridized carbons (Fsp3) is 0.125. The first-order chi connectivity index (χ1) is 9.28. The molecule has 3 aromatic rings. The Morgan fingerprint density at radius 2 is 1.84 bits per heavy atom. The van der Waals surface area contributed by atoms with Gasteiger partial charge in [0.15, 0.2) is 0 Å². The Morgan fingerprint density at radius 3 is 2.58 bits per heavy atom. The van der Waals surface area contributed by atoms with Crippen molar-refractivity contribution in [3.8, 4) is 5.75 Å². The minimum absolute atomic E-state index is 0.549. The van der Waals surface area contributed by atoms with E-state index in [2.05, 4.69) is 0 Å². The van der Waals surface area contributed by atoms with E-state index in [4.69, 9.17) is 9.15 Å². The van der Waals surface area contributed by atoms with E-state index in [1.165, 1.54) is 0 Å². The van der Waals surface area contributed by atoms with Crippen LogP contribution in [-0.2, 0) is 0 Å². The van der Waals surface area contributed by atoms with Gasteiger partial charge in [0.25, 0.3) is 0 Å². The number of rotatable bonds is 3. The molecule has 3 rings (SSSR count). The van der Waals surface area contributed by atoms with Crippen LogP contribution in [0.15, 0.2) is 59.2 Å². The molecule has 0 fully saturated rings. The first-order valence-corrected chi connectivity index (χ1v) is 6.07. The third kappa shape index (κ3) is 2.20. The topological polar surface area (TPSA) is 42.6 Å². The van der Waals surface area contributed by atoms with E-state index in [0.717, 1.165) is 22.1 Å². The van der Waals surface area contributed by atoms with E-state index in [-0.39, 0.29) is 0 Å². The molecular weight excluding hydrogens is 240 g/mol. The first-order valence-electron chi connectivity index (χ1n) is 6.07. The van der Waals surface area contributed by atoms with E-state index >= 15 is 0 Å². The van der Waals surface area contributed by atoms with E-state index in [1.54, 1.807) is 25.5 Å². The quantitative estimate of drug-likeness (QED) is 0.777. The van der Waals surface area contributed by atoms with Crippen molar-refractivity contribution in [1.82, 2.24) is 0 Å². The van der Waals surface area contributed by atoms with Crippen molar-refractivity contribution in [3.05, 3.63) is 66.1 Å². The summed E-state index contributed by atoms with van der Waals surface area (Å²) in [7, 11) is 1.65. The minimum atomic E-state index is -0.735. The molecule has 0 spiro atoms. The number of hydrogen-bond donors (Lipinski definition) is 1. The van der Waals surface area contributed by atoms with Gasteiger partial charge in [0.2, 0.25) is 0 Å². The largest absolute Gasteiger partial charge is 0.497 e. The maximum absolute atomic E-state index is 10.2. The van der Waals surface area contributed by atoms with Crippen molar-refractivity contribution in [3.63, 3.8) is 0 Å². The van der Waals surface area contributed by atoms with Crippen molar-refractivity contribution in [2.24, 2.45) is 0 Å². The van der Waals surface area contributed by atoms with Gasteiger partial charge in [0.05, 0.1) is 13.4 Å². The molecule has 3 heteroatoms. The Labute approximate surface area is 111 Å². The molecule has 1 unspecified atom stereocenters. The maximum Gasteiger partial charge on any atom is 0.137 e. The van der Waals surface area contributed by atoms with Crippen LogP contribution in [0, 0.1) is 0 Å². The van der Waals surface area contributed by atoms with Gasteiger partial charge < -0.3 is 14.3 Å². The molecule has 96 valence electrons. The maximum atomic E-state index is 10.2. The Hall–Kier alpha value is -2.26. The van der Waals surface area contributed by atoms with Gasteiger partial charge in [-0.25, -0.2) is 0 Å². The molecular formula is C16H14O3. The predicted octanol–water partition coefficient (Wildman–Crippen LogP) is 3.52. The third-order valence-electron chi connectivity index (χ3n) is 3.20. The highest BCUT2D eigenvalue weighted by Gasteiger charge is 2.13. The van der Waals surface area contributed by atoms with Crippen molar-refractivity contribution in [2.45, 2.75) is 6.10 Å². The van der Waals surface area contributed by atoms with Gasteiger partial charge in [-0.2, -0.15) is 0 Å². The SMILES string of the molecule is COc1ccc2cc(C(O)c3ccco3)ccc2c1. The van der Waals surface area contributed by atoms with E-state index in [0.29, 0.717) is 5.76 Å². The minimum Gasteiger partial charge on any atom is -0.497 e. The second kappa shape index (κ2) is 4.78. The van der Waals surface area contributed by atoms with Gasteiger partial charge in [0.1, 0.15) is 17.6 Å². The molecule has 0 aliphatic rings. The fourth-order valence-electron chi connectivity index (χ4n) is 2.15. The summed E-state index contributed by atoms with van der Waals surface area (Å²) in [5.41, 5.74) is 0.813. The summed E-state index contributed by atoms with van der Waals surface area (Å²) >= 11 is 0. The Balaban J connectivity index is 2.02. The molecule has 0 aliphatic heterocycles. The number of furan rings is 1. The van der Waals surface area contributed by atoms with Crippen LogP contribution in [0.1, 0.15) is 17.4 Å². The number of aliphatic hydroxyl groups is 1. The summed E-state index contributed by atoms with van der Waals surface area (Å²) < 4.78 is 10.4. The standard InChI is InChI=1S/C16H14O3/c1-18-14-7-6-11-9-13(5-4-12(11)10-14)16(17)15-3-2-8-19-15/h2-10,16-17H,1H3. The molecule has 0 aliphatic carbocycles. The third-order valence-corrected chi connectivity index (χ3v) is 3.20. The summed E-state index contributed by atoms with van der Waals surface area (Å²) in [5, 5.41) is 12.4. The normalized spacial score (nSPS) is 12.5. The van der Waals surface area contributed by atoms with Gasteiger partial charge in [-0.1, -0.05) is 18.2 Å². The van der Waals surface area contributed by atoms with Crippen LogP contribution in [0.2, 0.25) is 0 Å². The Morgan fingerprint density at radius 1 is 1.05 bits per heavy atom. The van der Waals surface area contributed by atoms with Gasteiger partial charge in [0, 0.05) is 0 Å². The molecule has 0 saturated heterocycles. The highest BCUT2D eigenvalue weighted by Crippen LogP contribution is 2.27. The monoisotopic (exact) mass is 254 g/mol. The lowest BCUT2D eigenvalue weighted by molar-refractivity contribution is 0.189. The Bertz CT molecular complexity index is 686. The lowest BCUT2D eigenvalue weighted by Gasteiger charge is -2.10. The summed E-state index contributed by atoms with van der Waals surface area (Å²) in [4.78, 5) is 0. The van der Waals surface area contributed by atoms with Crippen LogP contribution in [0.5, 0.6) is 5.75 Å². The average molecular weight is 254 g/mol. The van der Waals surface area contributed by atoms with Gasteiger partial charge >= 0.3 is 0 Å². The molecule has 19 heavy (non-hydrogen) atoms. The summed E-state index contributed by atoms with van der Waals surface area (Å²) in [6.07, 6.45) is 0.825. The number of ether oxygens (including phenoxy) is 1. The van der Waals surface area contributed by atoms with Crippen molar-refractivity contribution < 1.29 is 14.3 Å². The molecule has 2 aromatic carbocycles. The van der Waals surface area contributed by atoms with Crippen LogP contribution in [0.25, 0.3) is 10.8 Å². The lowest BCUT2D eigenvalue weighted by atomic mass is 10.0. The smallest absolute Gasteiger partial charge is 0.137 e. The van der Waals surface area contributed by atoms with Gasteiger partial charge in [-0.05, 0) is 46.7 Å². The average Bonchev–Trinajstić information content (AvgIpc) is 2.99. The van der Waals surface area contributed by atoms with Crippen LogP contribution in [-0.4, -0.2) is 12.2 Å². The lowest BCUT2D eigenvalue weighted by Crippen LogP contribution is -1.97. The summed E-state index contributed by atoms with van der Waals surface area (Å²) in [5.74, 6) is 1.37. The summed E-state index contributed by atoms with van der Waals surface area (Å²) in [6.45, 7) is 0. The number of benzene rings is 2. The number of fused-ring (bicyclic) bond motifs is 1. The Kier molecular flexibility index (Phi) is 2.97. The zero-order chi connectivity index (χ0) is 13.2. The van der Waals surface area contributed by atoms with E-state index < -0.39 is 6.10 Å². The van der Waals surface area contributed by atoms with E-state index in [1.807, 2.05) is 36.4 Å². The molecule has 1 aromatic heterocycles. The first kappa shape index (κ1) is 11.8. The molecule has 0 bridgehead atoms. The molecule has 0 saturated carbocycles. The number of hydrogen-bond acceptors (Lipinski definition) is 3. The summed E-state index contributed by atoms with van der Waals surface area (Å²) in [6, 6.07) is 15.2. The van der Waals surface area contributed by atoms with Crippen LogP contribution in [0.4, 0.5) is 0 Å². The highest BCUT2D eigenvalue weighted by atomic mass is 16.5. The highest BCUT2D eigenvalue weighted by molar-refractivity contribution is 5.84. The van der Waals surface area contributed by atoms with Crippen molar-refractivity contribution >= 4 is 10.8 Å². The zero-order valence-corrected chi connectivity index (χ0v) is 10.5. The van der Waals surface area contributed by atoms with Gasteiger partial charge in [-0.3, -0.25) is 0 Å². The second-order valence-corrected chi connectivity index (χ2v) is 4.39. The molecule has 0 radical (unpaired) electrons. The van der Waals surface area contributed by atoms with E-state index in [9.17, 15) is 5.11 Å². The van der Waals surface area contributed by atoms with Crippen LogP contribution < -0.4 is 4.74 Å². The molecule has 1 atom stereocenters. The molecule has 3 nitrogen and oxygen atoms in total. The van der Waals surface area contributed by atoms with Crippen molar-refractivity contribution in [1.29, 1.82) is 0 Å². The molecule has 1 N–H and O–H groups in total. The zero-order valence-electron chi connectivity index (χ0n) is 10.5. The molecule has 1 heterocycles. The van der Waals surface area contributed by atoms with Crippen LogP contribution >= 0.6 is 0 Å². The number of methoxy groups -OCH3 is 1.